The van der Waals surface area contributed by atoms with E-state index in [0.29, 0.717) is 0 Å². The van der Waals surface area contributed by atoms with Crippen molar-refractivity contribution in [3.63, 3.8) is 0 Å². The maximum absolute atomic E-state index is 5.65. The van der Waals surface area contributed by atoms with Crippen molar-refractivity contribution < 1.29 is 0 Å². The molecule has 0 amide bonds. The van der Waals surface area contributed by atoms with E-state index in [4.69, 9.17) is 24.4 Å². The molecule has 6 heteroatoms. The molecule has 0 aromatic heterocycles. The summed E-state index contributed by atoms with van der Waals surface area (Å²) in [5, 5.41) is 8.42. The van der Waals surface area contributed by atoms with Gasteiger partial charge >= 0.3 is 0 Å². The minimum Gasteiger partial charge on any atom is -0.345 e. The molecule has 28 heavy (non-hydrogen) atoms. The predicted octanol–water partition coefficient (Wildman–Crippen LogP) is 4.52. The predicted molar refractivity (Wildman–Crippen MR) is 127 cm³/mol. The Morgan fingerprint density at radius 1 is 0.714 bits per heavy atom. The van der Waals surface area contributed by atoms with Crippen LogP contribution in [0.15, 0.2) is 48.5 Å². The van der Waals surface area contributed by atoms with E-state index in [1.165, 1.54) is 11.1 Å². The lowest BCUT2D eigenvalue weighted by atomic mass is 10.1. The van der Waals surface area contributed by atoms with Gasteiger partial charge in [0.15, 0.2) is 10.2 Å². The minimum atomic E-state index is 0.788. The molecule has 0 bridgehead atoms. The van der Waals surface area contributed by atoms with Gasteiger partial charge in [0.1, 0.15) is 0 Å². The summed E-state index contributed by atoms with van der Waals surface area (Å²) < 4.78 is 0. The van der Waals surface area contributed by atoms with Crippen LogP contribution in [0.1, 0.15) is 25.0 Å². The fraction of sp³-hybridized carbons (Fsp3) is 0.364. The van der Waals surface area contributed by atoms with Gasteiger partial charge in [-0.1, -0.05) is 50.2 Å². The van der Waals surface area contributed by atoms with Gasteiger partial charge in [0.2, 0.25) is 0 Å². The Bertz CT molecular complexity index is 759. The molecule has 0 saturated carbocycles. The van der Waals surface area contributed by atoms with E-state index in [1.807, 2.05) is 12.1 Å². The minimum absolute atomic E-state index is 0.788. The van der Waals surface area contributed by atoms with E-state index in [-0.39, 0.29) is 0 Å². The van der Waals surface area contributed by atoms with Gasteiger partial charge in [-0.3, -0.25) is 0 Å². The van der Waals surface area contributed by atoms with Crippen molar-refractivity contribution in [3.05, 3.63) is 59.7 Å². The summed E-state index contributed by atoms with van der Waals surface area (Å²) in [6, 6.07) is 16.7. The van der Waals surface area contributed by atoms with Crippen molar-refractivity contribution in [1.29, 1.82) is 0 Å². The van der Waals surface area contributed by atoms with Crippen LogP contribution in [0.4, 0.5) is 11.4 Å². The molecule has 2 N–H and O–H groups in total. The molecule has 0 atom stereocenters. The molecule has 0 spiro atoms. The third-order valence-corrected chi connectivity index (χ3v) is 5.85. The summed E-state index contributed by atoms with van der Waals surface area (Å²) in [6.45, 7) is 7.75. The molecule has 1 heterocycles. The maximum atomic E-state index is 5.65. The van der Waals surface area contributed by atoms with Crippen molar-refractivity contribution in [2.45, 2.75) is 26.7 Å². The van der Waals surface area contributed by atoms with Crippen molar-refractivity contribution in [2.75, 3.05) is 36.8 Å². The number of nitrogens with one attached hydrogen (secondary N) is 2. The SMILES string of the molecule is CCc1ccccc1NC(=S)N1CCN(C(=S)Nc2ccccc2CC)CC1. The number of rotatable bonds is 4. The smallest absolute Gasteiger partial charge is 0.173 e. The van der Waals surface area contributed by atoms with E-state index < -0.39 is 0 Å². The highest BCUT2D eigenvalue weighted by atomic mass is 32.1. The molecular formula is C22H28N4S2. The number of anilines is 2. The Labute approximate surface area is 178 Å². The van der Waals surface area contributed by atoms with Gasteiger partial charge in [0.05, 0.1) is 0 Å². The Balaban J connectivity index is 1.53. The number of hydrogen-bond acceptors (Lipinski definition) is 2. The van der Waals surface area contributed by atoms with E-state index in [0.717, 1.165) is 60.6 Å². The second-order valence-corrected chi connectivity index (χ2v) is 7.63. The van der Waals surface area contributed by atoms with Crippen LogP contribution < -0.4 is 10.6 Å². The molecule has 1 aliphatic heterocycles. The second-order valence-electron chi connectivity index (χ2n) is 6.86. The van der Waals surface area contributed by atoms with E-state index >= 15 is 0 Å². The molecule has 1 saturated heterocycles. The van der Waals surface area contributed by atoms with Crippen LogP contribution in [-0.4, -0.2) is 46.2 Å². The summed E-state index contributed by atoms with van der Waals surface area (Å²) in [4.78, 5) is 4.45. The van der Waals surface area contributed by atoms with Gasteiger partial charge in [0, 0.05) is 37.6 Å². The Morgan fingerprint density at radius 3 is 1.43 bits per heavy atom. The number of benzene rings is 2. The van der Waals surface area contributed by atoms with Crippen molar-refractivity contribution >= 4 is 46.0 Å². The van der Waals surface area contributed by atoms with Crippen LogP contribution >= 0.6 is 24.4 Å². The summed E-state index contributed by atoms with van der Waals surface area (Å²) in [5.41, 5.74) is 4.77. The molecule has 1 fully saturated rings. The van der Waals surface area contributed by atoms with Crippen LogP contribution in [0.5, 0.6) is 0 Å². The zero-order chi connectivity index (χ0) is 19.9. The largest absolute Gasteiger partial charge is 0.345 e. The average Bonchev–Trinajstić information content (AvgIpc) is 2.74. The van der Waals surface area contributed by atoms with Crippen molar-refractivity contribution in [2.24, 2.45) is 0 Å². The summed E-state index contributed by atoms with van der Waals surface area (Å²) >= 11 is 11.3. The molecule has 2 aromatic carbocycles. The van der Waals surface area contributed by atoms with Gasteiger partial charge in [-0.05, 0) is 60.5 Å². The van der Waals surface area contributed by atoms with Gasteiger partial charge in [0.25, 0.3) is 0 Å². The van der Waals surface area contributed by atoms with Crippen LogP contribution in [0, 0.1) is 0 Å². The molecule has 1 aliphatic rings. The normalized spacial score (nSPS) is 13.9. The first-order valence-electron chi connectivity index (χ1n) is 9.90. The van der Waals surface area contributed by atoms with Gasteiger partial charge in [-0.15, -0.1) is 0 Å². The first kappa shape index (κ1) is 20.6. The number of para-hydroxylation sites is 2. The van der Waals surface area contributed by atoms with Crippen LogP contribution in [-0.2, 0) is 12.8 Å². The topological polar surface area (TPSA) is 30.5 Å². The Kier molecular flexibility index (Phi) is 7.23. The van der Waals surface area contributed by atoms with Crippen LogP contribution in [0.2, 0.25) is 0 Å². The number of thiocarbonyl (C=S) groups is 2. The van der Waals surface area contributed by atoms with Crippen molar-refractivity contribution in [3.8, 4) is 0 Å². The molecule has 3 rings (SSSR count). The lowest BCUT2D eigenvalue weighted by Crippen LogP contribution is -2.52. The van der Waals surface area contributed by atoms with Crippen LogP contribution in [0.3, 0.4) is 0 Å². The lowest BCUT2D eigenvalue weighted by molar-refractivity contribution is 0.264. The zero-order valence-corrected chi connectivity index (χ0v) is 18.2. The maximum Gasteiger partial charge on any atom is 0.173 e. The monoisotopic (exact) mass is 412 g/mol. The average molecular weight is 413 g/mol. The van der Waals surface area contributed by atoms with Crippen LogP contribution in [0.25, 0.3) is 0 Å². The molecule has 2 aromatic rings. The number of nitrogens with zero attached hydrogens (tertiary/aromatic N) is 2. The number of hydrogen-bond donors (Lipinski definition) is 2. The second kappa shape index (κ2) is 9.85. The molecule has 148 valence electrons. The highest BCUT2D eigenvalue weighted by Gasteiger charge is 2.21. The number of aryl methyl sites for hydroxylation is 2. The van der Waals surface area contributed by atoms with E-state index in [9.17, 15) is 0 Å². The fourth-order valence-corrected chi connectivity index (χ4v) is 3.99. The summed E-state index contributed by atoms with van der Waals surface area (Å²) in [6.07, 6.45) is 1.97. The van der Waals surface area contributed by atoms with E-state index in [2.05, 4.69) is 70.7 Å². The van der Waals surface area contributed by atoms with Crippen molar-refractivity contribution in [1.82, 2.24) is 9.80 Å². The first-order valence-corrected chi connectivity index (χ1v) is 10.7. The van der Waals surface area contributed by atoms with Gasteiger partial charge in [-0.25, -0.2) is 0 Å². The molecular weight excluding hydrogens is 384 g/mol. The highest BCUT2D eigenvalue weighted by Crippen LogP contribution is 2.18. The van der Waals surface area contributed by atoms with E-state index in [1.54, 1.807) is 0 Å². The Hall–Kier alpha value is -2.18. The molecule has 4 nitrogen and oxygen atoms in total. The van der Waals surface area contributed by atoms with Gasteiger partial charge in [-0.2, -0.15) is 0 Å². The summed E-state index contributed by atoms with van der Waals surface area (Å²) in [7, 11) is 0. The third kappa shape index (κ3) is 5.00. The molecule has 0 unspecified atom stereocenters. The molecule has 0 radical (unpaired) electrons. The standard InChI is InChI=1S/C22H28N4S2/c1-3-17-9-5-7-11-19(17)23-21(27)25-13-15-26(16-14-25)22(28)24-20-12-8-6-10-18(20)4-2/h5-12H,3-4,13-16H2,1-2H3,(H,23,27)(H,24,28). The summed E-state index contributed by atoms with van der Waals surface area (Å²) in [5.74, 6) is 0. The Morgan fingerprint density at radius 2 is 1.07 bits per heavy atom. The first-order chi connectivity index (χ1) is 13.6. The quantitative estimate of drug-likeness (QED) is 0.718. The molecule has 0 aliphatic carbocycles. The zero-order valence-electron chi connectivity index (χ0n) is 16.6. The fourth-order valence-electron chi connectivity index (χ4n) is 3.40. The third-order valence-electron chi connectivity index (χ3n) is 5.13. The highest BCUT2D eigenvalue weighted by molar-refractivity contribution is 7.80. The lowest BCUT2D eigenvalue weighted by Gasteiger charge is -2.37. The van der Waals surface area contributed by atoms with Gasteiger partial charge < -0.3 is 20.4 Å². The number of piperazine rings is 1.